The molecule has 132 valence electrons. The Morgan fingerprint density at radius 1 is 1.16 bits per heavy atom. The largest absolute Gasteiger partial charge is 0.478 e. The van der Waals surface area contributed by atoms with Crippen molar-refractivity contribution in [2.45, 2.75) is 45.1 Å². The highest BCUT2D eigenvalue weighted by atomic mass is 16.4. The number of aromatic nitrogens is 2. The summed E-state index contributed by atoms with van der Waals surface area (Å²) in [6.45, 7) is 1.97. The van der Waals surface area contributed by atoms with Crippen molar-refractivity contribution in [1.29, 1.82) is 0 Å². The number of benzene rings is 1. The molecule has 2 aromatic rings. The lowest BCUT2D eigenvalue weighted by molar-refractivity contribution is 0.0696. The number of carbonyl (C=O) groups is 2. The molecule has 1 aliphatic rings. The van der Waals surface area contributed by atoms with Crippen LogP contribution < -0.4 is 5.32 Å². The molecule has 0 bridgehead atoms. The van der Waals surface area contributed by atoms with Crippen LogP contribution in [0.4, 0.5) is 0 Å². The first-order chi connectivity index (χ1) is 12.0. The number of aromatic carboxylic acids is 1. The van der Waals surface area contributed by atoms with Crippen molar-refractivity contribution < 1.29 is 19.1 Å². The normalized spacial score (nSPS) is 19.7. The summed E-state index contributed by atoms with van der Waals surface area (Å²) in [7, 11) is 0. The molecule has 0 saturated heterocycles. The molecule has 0 radical (unpaired) electrons. The lowest BCUT2D eigenvalue weighted by atomic mass is 10.0. The van der Waals surface area contributed by atoms with Gasteiger partial charge in [0.25, 0.3) is 5.91 Å². The summed E-state index contributed by atoms with van der Waals surface area (Å²) in [6.07, 6.45) is 4.28. The van der Waals surface area contributed by atoms with E-state index in [0.29, 0.717) is 23.3 Å². The van der Waals surface area contributed by atoms with Crippen LogP contribution in [-0.4, -0.2) is 33.2 Å². The van der Waals surface area contributed by atoms with E-state index in [1.807, 2.05) is 6.92 Å². The monoisotopic (exact) mass is 343 g/mol. The van der Waals surface area contributed by atoms with Gasteiger partial charge in [-0.1, -0.05) is 6.92 Å². The first-order valence-electron chi connectivity index (χ1n) is 8.50. The number of rotatable bonds is 6. The van der Waals surface area contributed by atoms with Crippen LogP contribution in [-0.2, 0) is 12.8 Å². The summed E-state index contributed by atoms with van der Waals surface area (Å²) in [5.74, 6) is 0.567. The van der Waals surface area contributed by atoms with Crippen molar-refractivity contribution in [3.05, 3.63) is 47.2 Å². The van der Waals surface area contributed by atoms with Crippen LogP contribution in [0.2, 0.25) is 0 Å². The van der Waals surface area contributed by atoms with Gasteiger partial charge in [-0.05, 0) is 49.4 Å². The van der Waals surface area contributed by atoms with Crippen molar-refractivity contribution in [3.8, 4) is 0 Å². The fourth-order valence-electron chi connectivity index (χ4n) is 3.19. The van der Waals surface area contributed by atoms with E-state index in [-0.39, 0.29) is 17.5 Å². The molecule has 1 aromatic heterocycles. The zero-order chi connectivity index (χ0) is 17.8. The summed E-state index contributed by atoms with van der Waals surface area (Å²) in [6, 6.07) is 6.07. The Balaban J connectivity index is 1.52. The molecule has 0 aliphatic heterocycles. The Kier molecular flexibility index (Phi) is 5.11. The smallest absolute Gasteiger partial charge is 0.335 e. The van der Waals surface area contributed by atoms with Gasteiger partial charge in [0.05, 0.1) is 5.56 Å². The minimum Gasteiger partial charge on any atom is -0.478 e. The molecule has 7 nitrogen and oxygen atoms in total. The van der Waals surface area contributed by atoms with Gasteiger partial charge in [-0.15, -0.1) is 10.2 Å². The number of carbonyl (C=O) groups excluding carboxylic acids is 1. The summed E-state index contributed by atoms with van der Waals surface area (Å²) >= 11 is 0. The van der Waals surface area contributed by atoms with E-state index < -0.39 is 5.97 Å². The zero-order valence-electron chi connectivity index (χ0n) is 14.1. The van der Waals surface area contributed by atoms with Gasteiger partial charge in [-0.2, -0.15) is 0 Å². The average Bonchev–Trinajstić information content (AvgIpc) is 3.24. The van der Waals surface area contributed by atoms with Crippen LogP contribution in [0.1, 0.15) is 58.7 Å². The van der Waals surface area contributed by atoms with E-state index in [2.05, 4.69) is 15.5 Å². The molecule has 1 saturated carbocycles. The van der Waals surface area contributed by atoms with Crippen molar-refractivity contribution in [1.82, 2.24) is 15.5 Å². The molecule has 25 heavy (non-hydrogen) atoms. The number of hydrogen-bond acceptors (Lipinski definition) is 5. The SMILES string of the molecule is CCc1nnc(C[C@@H]2CC[C@H](NC(=O)c3ccc(C(=O)O)cc3)C2)o1. The molecule has 1 aromatic carbocycles. The van der Waals surface area contributed by atoms with Gasteiger partial charge in [0.2, 0.25) is 11.8 Å². The van der Waals surface area contributed by atoms with Gasteiger partial charge in [-0.3, -0.25) is 4.79 Å². The second kappa shape index (κ2) is 7.46. The van der Waals surface area contributed by atoms with Gasteiger partial charge in [0.1, 0.15) is 0 Å². The lowest BCUT2D eigenvalue weighted by Crippen LogP contribution is -2.33. The van der Waals surface area contributed by atoms with E-state index in [1.165, 1.54) is 24.3 Å². The number of nitrogens with zero attached hydrogens (tertiary/aromatic N) is 2. The quantitative estimate of drug-likeness (QED) is 0.835. The summed E-state index contributed by atoms with van der Waals surface area (Å²) in [4.78, 5) is 23.1. The maximum absolute atomic E-state index is 12.3. The lowest BCUT2D eigenvalue weighted by Gasteiger charge is -2.13. The Morgan fingerprint density at radius 2 is 1.84 bits per heavy atom. The highest BCUT2D eigenvalue weighted by molar-refractivity contribution is 5.96. The van der Waals surface area contributed by atoms with E-state index in [0.717, 1.165) is 32.1 Å². The topological polar surface area (TPSA) is 105 Å². The van der Waals surface area contributed by atoms with Crippen LogP contribution in [0, 0.1) is 5.92 Å². The van der Waals surface area contributed by atoms with Crippen LogP contribution in [0.15, 0.2) is 28.7 Å². The van der Waals surface area contributed by atoms with Gasteiger partial charge >= 0.3 is 5.97 Å². The third-order valence-corrected chi connectivity index (χ3v) is 4.54. The van der Waals surface area contributed by atoms with Gasteiger partial charge in [0, 0.05) is 24.4 Å². The molecule has 2 atom stereocenters. The van der Waals surface area contributed by atoms with Crippen molar-refractivity contribution in [3.63, 3.8) is 0 Å². The Bertz CT molecular complexity index is 754. The molecular weight excluding hydrogens is 322 g/mol. The molecule has 1 fully saturated rings. The molecule has 0 spiro atoms. The zero-order valence-corrected chi connectivity index (χ0v) is 14.1. The fourth-order valence-corrected chi connectivity index (χ4v) is 3.19. The molecule has 1 amide bonds. The average molecular weight is 343 g/mol. The molecular formula is C18H21N3O4. The van der Waals surface area contributed by atoms with Crippen molar-refractivity contribution in [2.75, 3.05) is 0 Å². The predicted molar refractivity (Wildman–Crippen MR) is 89.4 cm³/mol. The van der Waals surface area contributed by atoms with E-state index in [4.69, 9.17) is 9.52 Å². The molecule has 3 rings (SSSR count). The number of carboxylic acids is 1. The number of aryl methyl sites for hydroxylation is 1. The number of amides is 1. The van der Waals surface area contributed by atoms with Crippen molar-refractivity contribution in [2.24, 2.45) is 5.92 Å². The van der Waals surface area contributed by atoms with Gasteiger partial charge in [0.15, 0.2) is 0 Å². The molecule has 7 heteroatoms. The van der Waals surface area contributed by atoms with Crippen LogP contribution in [0.3, 0.4) is 0 Å². The Labute approximate surface area is 145 Å². The third kappa shape index (κ3) is 4.23. The second-order valence-corrected chi connectivity index (χ2v) is 6.38. The predicted octanol–water partition coefficient (Wildman–Crippen LogP) is 2.47. The summed E-state index contributed by atoms with van der Waals surface area (Å²) in [5, 5.41) is 19.9. The number of carboxylic acid groups (broad SMARTS) is 1. The van der Waals surface area contributed by atoms with E-state index in [1.54, 1.807) is 0 Å². The first kappa shape index (κ1) is 17.1. The minimum atomic E-state index is -1.00. The Morgan fingerprint density at radius 3 is 2.48 bits per heavy atom. The number of nitrogens with one attached hydrogen (secondary N) is 1. The molecule has 2 N–H and O–H groups in total. The third-order valence-electron chi connectivity index (χ3n) is 4.54. The summed E-state index contributed by atoms with van der Waals surface area (Å²) in [5.41, 5.74) is 0.640. The second-order valence-electron chi connectivity index (χ2n) is 6.38. The van der Waals surface area contributed by atoms with E-state index >= 15 is 0 Å². The highest BCUT2D eigenvalue weighted by Crippen LogP contribution is 2.28. The van der Waals surface area contributed by atoms with Crippen LogP contribution >= 0.6 is 0 Å². The maximum Gasteiger partial charge on any atom is 0.335 e. The molecule has 0 unspecified atom stereocenters. The van der Waals surface area contributed by atoms with Crippen molar-refractivity contribution >= 4 is 11.9 Å². The first-order valence-corrected chi connectivity index (χ1v) is 8.50. The Hall–Kier alpha value is -2.70. The van der Waals surface area contributed by atoms with Crippen LogP contribution in [0.5, 0.6) is 0 Å². The standard InChI is InChI=1S/C18H21N3O4/c1-2-15-20-21-16(25-15)10-11-3-8-14(9-11)19-17(22)12-4-6-13(7-5-12)18(23)24/h4-7,11,14H,2-3,8-10H2,1H3,(H,19,22)(H,23,24)/t11-,14+/m1/s1. The van der Waals surface area contributed by atoms with Gasteiger partial charge < -0.3 is 14.8 Å². The maximum atomic E-state index is 12.3. The van der Waals surface area contributed by atoms with E-state index in [9.17, 15) is 9.59 Å². The number of hydrogen-bond donors (Lipinski definition) is 2. The minimum absolute atomic E-state index is 0.116. The molecule has 1 heterocycles. The highest BCUT2D eigenvalue weighted by Gasteiger charge is 2.27. The van der Waals surface area contributed by atoms with Crippen LogP contribution in [0.25, 0.3) is 0 Å². The van der Waals surface area contributed by atoms with Gasteiger partial charge in [-0.25, -0.2) is 4.79 Å². The fraction of sp³-hybridized carbons (Fsp3) is 0.444. The summed E-state index contributed by atoms with van der Waals surface area (Å²) < 4.78 is 5.55. The molecule has 1 aliphatic carbocycles.